The van der Waals surface area contributed by atoms with E-state index in [4.69, 9.17) is 9.47 Å². The number of rotatable bonds is 6. The molecule has 0 unspecified atom stereocenters. The summed E-state index contributed by atoms with van der Waals surface area (Å²) < 4.78 is 10.5. The van der Waals surface area contributed by atoms with Gasteiger partial charge in [-0.2, -0.15) is 0 Å². The van der Waals surface area contributed by atoms with Crippen molar-refractivity contribution in [3.63, 3.8) is 0 Å². The van der Waals surface area contributed by atoms with Gasteiger partial charge in [-0.15, -0.1) is 0 Å². The first-order chi connectivity index (χ1) is 13.7. The van der Waals surface area contributed by atoms with Gasteiger partial charge in [-0.3, -0.25) is 9.80 Å². The molecule has 1 aromatic rings. The number of amides is 3. The molecule has 0 aliphatic carbocycles. The fourth-order valence-corrected chi connectivity index (χ4v) is 4.28. The standard InChI is InChI=1S/C20H28N4O4/c25-19(21-13-18(15-6-10-27-14-15)23-7-1-2-8-23)22-16-4-3-5-17(12-16)24-9-11-28-20(24)26/h3-5,12,15,18H,1-2,6-11,13-14H2,(H2,21,22,25)/t15-,18+/m0/s1. The van der Waals surface area contributed by atoms with Crippen molar-refractivity contribution in [3.8, 4) is 0 Å². The number of hydrogen-bond acceptors (Lipinski definition) is 5. The quantitative estimate of drug-likeness (QED) is 0.781. The molecule has 3 aliphatic rings. The molecule has 8 heteroatoms. The maximum absolute atomic E-state index is 12.5. The molecular weight excluding hydrogens is 360 g/mol. The molecule has 4 rings (SSSR count). The van der Waals surface area contributed by atoms with E-state index in [2.05, 4.69) is 15.5 Å². The Morgan fingerprint density at radius 2 is 2.07 bits per heavy atom. The van der Waals surface area contributed by atoms with Gasteiger partial charge in [-0.05, 0) is 50.6 Å². The van der Waals surface area contributed by atoms with Crippen LogP contribution < -0.4 is 15.5 Å². The van der Waals surface area contributed by atoms with E-state index < -0.39 is 0 Å². The molecule has 3 fully saturated rings. The Labute approximate surface area is 165 Å². The Kier molecular flexibility index (Phi) is 5.97. The van der Waals surface area contributed by atoms with E-state index in [-0.39, 0.29) is 12.1 Å². The molecular formula is C20H28N4O4. The van der Waals surface area contributed by atoms with Crippen LogP contribution in [0.5, 0.6) is 0 Å². The monoisotopic (exact) mass is 388 g/mol. The lowest BCUT2D eigenvalue weighted by molar-refractivity contribution is 0.135. The molecule has 3 aliphatic heterocycles. The summed E-state index contributed by atoms with van der Waals surface area (Å²) in [6.45, 7) is 5.30. The number of nitrogens with zero attached hydrogens (tertiary/aromatic N) is 2. The summed E-state index contributed by atoms with van der Waals surface area (Å²) in [6, 6.07) is 7.34. The number of carbonyl (C=O) groups is 2. The molecule has 3 saturated heterocycles. The Morgan fingerprint density at radius 1 is 1.21 bits per heavy atom. The lowest BCUT2D eigenvalue weighted by atomic mass is 9.97. The van der Waals surface area contributed by atoms with Gasteiger partial charge in [0.1, 0.15) is 6.61 Å². The zero-order valence-electron chi connectivity index (χ0n) is 16.1. The van der Waals surface area contributed by atoms with E-state index in [9.17, 15) is 9.59 Å². The summed E-state index contributed by atoms with van der Waals surface area (Å²) in [5, 5.41) is 5.91. The van der Waals surface area contributed by atoms with Crippen molar-refractivity contribution in [1.82, 2.24) is 10.2 Å². The predicted molar refractivity (Wildman–Crippen MR) is 106 cm³/mol. The molecule has 0 radical (unpaired) electrons. The highest BCUT2D eigenvalue weighted by Crippen LogP contribution is 2.25. The molecule has 28 heavy (non-hydrogen) atoms. The number of benzene rings is 1. The number of anilines is 2. The number of carbonyl (C=O) groups excluding carboxylic acids is 2. The normalized spacial score (nSPS) is 23.6. The predicted octanol–water partition coefficient (Wildman–Crippen LogP) is 2.27. The third-order valence-corrected chi connectivity index (χ3v) is 5.77. The molecule has 152 valence electrons. The van der Waals surface area contributed by atoms with Crippen LogP contribution in [0.15, 0.2) is 24.3 Å². The minimum Gasteiger partial charge on any atom is -0.447 e. The first-order valence-corrected chi connectivity index (χ1v) is 10.1. The molecule has 0 spiro atoms. The van der Waals surface area contributed by atoms with Gasteiger partial charge >= 0.3 is 12.1 Å². The Morgan fingerprint density at radius 3 is 2.79 bits per heavy atom. The molecule has 3 amide bonds. The van der Waals surface area contributed by atoms with Crippen molar-refractivity contribution in [2.24, 2.45) is 5.92 Å². The van der Waals surface area contributed by atoms with Crippen molar-refractivity contribution >= 4 is 23.5 Å². The van der Waals surface area contributed by atoms with Crippen molar-refractivity contribution in [2.75, 3.05) is 56.2 Å². The first-order valence-electron chi connectivity index (χ1n) is 10.1. The van der Waals surface area contributed by atoms with Crippen molar-refractivity contribution in [1.29, 1.82) is 0 Å². The summed E-state index contributed by atoms with van der Waals surface area (Å²) in [5.41, 5.74) is 1.37. The van der Waals surface area contributed by atoms with E-state index in [0.717, 1.165) is 38.4 Å². The molecule has 2 atom stereocenters. The van der Waals surface area contributed by atoms with Crippen LogP contribution >= 0.6 is 0 Å². The fourth-order valence-electron chi connectivity index (χ4n) is 4.28. The topological polar surface area (TPSA) is 83.1 Å². The van der Waals surface area contributed by atoms with Gasteiger partial charge in [0.2, 0.25) is 0 Å². The highest BCUT2D eigenvalue weighted by molar-refractivity contribution is 5.93. The van der Waals surface area contributed by atoms with Gasteiger partial charge in [0.15, 0.2) is 0 Å². The molecule has 2 N–H and O–H groups in total. The summed E-state index contributed by atoms with van der Waals surface area (Å²) in [6.07, 6.45) is 3.15. The molecule has 0 aromatic heterocycles. The molecule has 0 saturated carbocycles. The van der Waals surface area contributed by atoms with Gasteiger partial charge in [-0.1, -0.05) is 6.07 Å². The lowest BCUT2D eigenvalue weighted by Crippen LogP contribution is -2.48. The lowest BCUT2D eigenvalue weighted by Gasteiger charge is -2.32. The Hall–Kier alpha value is -2.32. The highest BCUT2D eigenvalue weighted by atomic mass is 16.6. The third-order valence-electron chi connectivity index (χ3n) is 5.77. The number of likely N-dealkylation sites (tertiary alicyclic amines) is 1. The Balaban J connectivity index is 1.33. The van der Waals surface area contributed by atoms with Crippen molar-refractivity contribution in [2.45, 2.75) is 25.3 Å². The second-order valence-corrected chi connectivity index (χ2v) is 7.59. The van der Waals surface area contributed by atoms with E-state index >= 15 is 0 Å². The molecule has 8 nitrogen and oxygen atoms in total. The summed E-state index contributed by atoms with van der Waals surface area (Å²) in [5.74, 6) is 0.475. The second-order valence-electron chi connectivity index (χ2n) is 7.59. The number of hydrogen-bond donors (Lipinski definition) is 2. The summed E-state index contributed by atoms with van der Waals surface area (Å²) >= 11 is 0. The largest absolute Gasteiger partial charge is 0.447 e. The maximum Gasteiger partial charge on any atom is 0.414 e. The van der Waals surface area contributed by atoms with Gasteiger partial charge in [0.25, 0.3) is 0 Å². The van der Waals surface area contributed by atoms with E-state index in [0.29, 0.717) is 37.3 Å². The van der Waals surface area contributed by atoms with Crippen LogP contribution in [0.25, 0.3) is 0 Å². The minimum absolute atomic E-state index is 0.232. The number of nitrogens with one attached hydrogen (secondary N) is 2. The number of ether oxygens (including phenoxy) is 2. The third kappa shape index (κ3) is 4.39. The SMILES string of the molecule is O=C(NC[C@H]([C@H]1CCOC1)N1CCCC1)Nc1cccc(N2CCOC2=O)c1. The van der Waals surface area contributed by atoms with Crippen LogP contribution in [0.2, 0.25) is 0 Å². The van der Waals surface area contributed by atoms with Crippen LogP contribution in [-0.4, -0.2) is 69.1 Å². The summed E-state index contributed by atoms with van der Waals surface area (Å²) in [7, 11) is 0. The second kappa shape index (κ2) is 8.79. The van der Waals surface area contributed by atoms with Gasteiger partial charge in [0.05, 0.1) is 13.2 Å². The van der Waals surface area contributed by atoms with Crippen molar-refractivity contribution < 1.29 is 19.1 Å². The average Bonchev–Trinajstić information content (AvgIpc) is 3.45. The number of urea groups is 1. The van der Waals surface area contributed by atoms with Gasteiger partial charge in [-0.25, -0.2) is 9.59 Å². The number of cyclic esters (lactones) is 1. The van der Waals surface area contributed by atoms with Crippen LogP contribution in [-0.2, 0) is 9.47 Å². The van der Waals surface area contributed by atoms with E-state index in [1.54, 1.807) is 11.0 Å². The minimum atomic E-state index is -0.353. The molecule has 3 heterocycles. The van der Waals surface area contributed by atoms with Crippen LogP contribution in [0.3, 0.4) is 0 Å². The van der Waals surface area contributed by atoms with E-state index in [1.165, 1.54) is 12.8 Å². The maximum atomic E-state index is 12.5. The molecule has 0 bridgehead atoms. The first kappa shape index (κ1) is 19.0. The van der Waals surface area contributed by atoms with Crippen LogP contribution in [0.1, 0.15) is 19.3 Å². The smallest absolute Gasteiger partial charge is 0.414 e. The van der Waals surface area contributed by atoms with Gasteiger partial charge in [0, 0.05) is 36.5 Å². The zero-order chi connectivity index (χ0) is 19.3. The van der Waals surface area contributed by atoms with Crippen LogP contribution in [0.4, 0.5) is 21.0 Å². The highest BCUT2D eigenvalue weighted by Gasteiger charge is 2.32. The molecule has 1 aromatic carbocycles. The van der Waals surface area contributed by atoms with Crippen molar-refractivity contribution in [3.05, 3.63) is 24.3 Å². The average molecular weight is 388 g/mol. The summed E-state index contributed by atoms with van der Waals surface area (Å²) in [4.78, 5) is 28.2. The Bertz CT molecular complexity index is 685. The van der Waals surface area contributed by atoms with Gasteiger partial charge < -0.3 is 20.1 Å². The van der Waals surface area contributed by atoms with E-state index in [1.807, 2.05) is 18.2 Å². The zero-order valence-corrected chi connectivity index (χ0v) is 16.1. The van der Waals surface area contributed by atoms with Crippen LogP contribution in [0, 0.1) is 5.92 Å². The fraction of sp³-hybridized carbons (Fsp3) is 0.600.